The molecule has 8 nitrogen and oxygen atoms in total. The Bertz CT molecular complexity index is 430. The van der Waals surface area contributed by atoms with Gasteiger partial charge in [0.2, 0.25) is 0 Å². The number of aliphatic carboxylic acids is 1. The number of nitrogens with one attached hydrogen (secondary N) is 2. The number of nitrogen functional groups attached to an aromatic ring is 1. The molecule has 0 aliphatic carbocycles. The van der Waals surface area contributed by atoms with Gasteiger partial charge in [-0.25, -0.2) is 9.78 Å². The predicted octanol–water partition coefficient (Wildman–Crippen LogP) is -1.14. The fourth-order valence-corrected chi connectivity index (χ4v) is 1.01. The van der Waals surface area contributed by atoms with Gasteiger partial charge in [-0.3, -0.25) is 4.79 Å². The Hall–Kier alpha value is -2.09. The topological polar surface area (TPSA) is 130 Å². The minimum Gasteiger partial charge on any atom is -0.479 e. The average Bonchev–Trinajstić information content (AvgIpc) is 2.24. The Morgan fingerprint density at radius 3 is 3.06 bits per heavy atom. The van der Waals surface area contributed by atoms with Crippen LogP contribution in [0.1, 0.15) is 0 Å². The van der Waals surface area contributed by atoms with Crippen LogP contribution in [0.25, 0.3) is 0 Å². The third kappa shape index (κ3) is 2.70. The lowest BCUT2D eigenvalue weighted by Gasteiger charge is -2.12. The third-order valence-corrected chi connectivity index (χ3v) is 1.90. The number of aromatic amines is 1. The molecule has 0 bridgehead atoms. The molecule has 1 aromatic heterocycles. The second kappa shape index (κ2) is 5.12. The van der Waals surface area contributed by atoms with Crippen molar-refractivity contribution in [3.8, 4) is 0 Å². The van der Waals surface area contributed by atoms with Crippen molar-refractivity contribution in [1.29, 1.82) is 0 Å². The molecule has 0 amide bonds. The summed E-state index contributed by atoms with van der Waals surface area (Å²) < 4.78 is 4.69. The summed E-state index contributed by atoms with van der Waals surface area (Å²) in [5.41, 5.74) is 4.85. The summed E-state index contributed by atoms with van der Waals surface area (Å²) in [6, 6.07) is 0. The fourth-order valence-electron chi connectivity index (χ4n) is 1.01. The lowest BCUT2D eigenvalue weighted by atomic mass is 10.3. The molecule has 1 rings (SSSR count). The van der Waals surface area contributed by atoms with Crippen LogP contribution >= 0.6 is 0 Å². The Kier molecular flexibility index (Phi) is 3.84. The van der Waals surface area contributed by atoms with Gasteiger partial charge in [-0.1, -0.05) is 0 Å². The zero-order chi connectivity index (χ0) is 12.1. The van der Waals surface area contributed by atoms with Crippen LogP contribution in [0.4, 0.5) is 11.5 Å². The highest BCUT2D eigenvalue weighted by molar-refractivity contribution is 5.73. The molecule has 0 spiro atoms. The first-order chi connectivity index (χ1) is 7.56. The minimum atomic E-state index is -1.11. The number of methoxy groups -OCH3 is 1. The number of ether oxygens (including phenoxy) is 1. The van der Waals surface area contributed by atoms with Crippen LogP contribution in [0.5, 0.6) is 0 Å². The van der Waals surface area contributed by atoms with Gasteiger partial charge in [0.15, 0.2) is 11.9 Å². The van der Waals surface area contributed by atoms with E-state index in [4.69, 9.17) is 10.8 Å². The van der Waals surface area contributed by atoms with E-state index >= 15 is 0 Å². The predicted molar refractivity (Wildman–Crippen MR) is 56.2 cm³/mol. The minimum absolute atomic E-state index is 0.0352. The molecule has 88 valence electrons. The van der Waals surface area contributed by atoms with Crippen LogP contribution in [-0.4, -0.2) is 40.8 Å². The van der Waals surface area contributed by atoms with Crippen molar-refractivity contribution in [2.75, 3.05) is 24.7 Å². The van der Waals surface area contributed by atoms with Crippen LogP contribution in [-0.2, 0) is 9.53 Å². The third-order valence-electron chi connectivity index (χ3n) is 1.90. The Labute approximate surface area is 90.5 Å². The second-order valence-corrected chi connectivity index (χ2v) is 2.94. The van der Waals surface area contributed by atoms with E-state index in [1.165, 1.54) is 13.4 Å². The molecule has 16 heavy (non-hydrogen) atoms. The summed E-state index contributed by atoms with van der Waals surface area (Å²) in [7, 11) is 1.27. The van der Waals surface area contributed by atoms with Crippen molar-refractivity contribution >= 4 is 17.5 Å². The van der Waals surface area contributed by atoms with E-state index in [0.29, 0.717) is 0 Å². The number of carbonyl (C=O) groups is 1. The van der Waals surface area contributed by atoms with Crippen molar-refractivity contribution in [2.24, 2.45) is 0 Å². The fraction of sp³-hybridized carbons (Fsp3) is 0.375. The number of carboxylic acids is 1. The highest BCUT2D eigenvalue weighted by Crippen LogP contribution is 2.07. The summed E-state index contributed by atoms with van der Waals surface area (Å²) in [6.45, 7) is -0.0352. The van der Waals surface area contributed by atoms with Crippen molar-refractivity contribution in [2.45, 2.75) is 6.10 Å². The number of hydrogen-bond donors (Lipinski definition) is 4. The summed E-state index contributed by atoms with van der Waals surface area (Å²) in [6.07, 6.45) is 0.143. The number of nitrogens with zero attached hydrogens (tertiary/aromatic N) is 1. The highest BCUT2D eigenvalue weighted by atomic mass is 16.5. The van der Waals surface area contributed by atoms with Gasteiger partial charge in [0, 0.05) is 7.11 Å². The van der Waals surface area contributed by atoms with Gasteiger partial charge in [-0.15, -0.1) is 0 Å². The second-order valence-electron chi connectivity index (χ2n) is 2.94. The quantitative estimate of drug-likeness (QED) is 0.501. The first-order valence-electron chi connectivity index (χ1n) is 4.39. The van der Waals surface area contributed by atoms with E-state index in [1.807, 2.05) is 0 Å². The van der Waals surface area contributed by atoms with E-state index in [0.717, 1.165) is 0 Å². The standard InChI is InChI=1S/C8H12N4O4/c1-16-4(8(14)15)2-10-6-5(9)7(13)12-3-11-6/h3-4H,2,9H2,1H3,(H,14,15)(H2,10,11,12,13). The van der Waals surface area contributed by atoms with Gasteiger partial charge >= 0.3 is 5.97 Å². The number of nitrogens with two attached hydrogens (primary N) is 1. The normalized spacial score (nSPS) is 12.1. The molecule has 0 aliphatic rings. The molecule has 0 saturated carbocycles. The van der Waals surface area contributed by atoms with Crippen molar-refractivity contribution in [3.05, 3.63) is 16.7 Å². The van der Waals surface area contributed by atoms with Crippen LogP contribution in [0.15, 0.2) is 11.1 Å². The maximum Gasteiger partial charge on any atom is 0.334 e. The van der Waals surface area contributed by atoms with E-state index in [2.05, 4.69) is 20.0 Å². The molecule has 0 fully saturated rings. The molecule has 1 heterocycles. The van der Waals surface area contributed by atoms with Gasteiger partial charge in [0.1, 0.15) is 5.69 Å². The smallest absolute Gasteiger partial charge is 0.334 e. The van der Waals surface area contributed by atoms with Gasteiger partial charge in [-0.05, 0) is 0 Å². The summed E-state index contributed by atoms with van der Waals surface area (Å²) in [4.78, 5) is 27.7. The summed E-state index contributed by atoms with van der Waals surface area (Å²) in [5.74, 6) is -0.981. The highest BCUT2D eigenvalue weighted by Gasteiger charge is 2.16. The number of H-pyrrole nitrogens is 1. The first-order valence-corrected chi connectivity index (χ1v) is 4.39. The Morgan fingerprint density at radius 2 is 2.50 bits per heavy atom. The maximum absolute atomic E-state index is 11.1. The number of rotatable bonds is 5. The van der Waals surface area contributed by atoms with Crippen molar-refractivity contribution in [1.82, 2.24) is 9.97 Å². The van der Waals surface area contributed by atoms with Crippen LogP contribution in [0.3, 0.4) is 0 Å². The molecule has 0 aromatic carbocycles. The largest absolute Gasteiger partial charge is 0.479 e. The lowest BCUT2D eigenvalue weighted by Crippen LogP contribution is -2.31. The van der Waals surface area contributed by atoms with E-state index < -0.39 is 17.6 Å². The SMILES string of the molecule is COC(CNc1nc[nH]c(=O)c1N)C(=O)O. The zero-order valence-electron chi connectivity index (χ0n) is 8.56. The van der Waals surface area contributed by atoms with Crippen molar-refractivity contribution in [3.63, 3.8) is 0 Å². The van der Waals surface area contributed by atoms with Gasteiger partial charge in [0.25, 0.3) is 5.56 Å². The molecule has 1 atom stereocenters. The zero-order valence-corrected chi connectivity index (χ0v) is 8.56. The molecule has 1 unspecified atom stereocenters. The summed E-state index contributed by atoms with van der Waals surface area (Å²) in [5, 5.41) is 11.3. The van der Waals surface area contributed by atoms with Crippen LogP contribution in [0.2, 0.25) is 0 Å². The van der Waals surface area contributed by atoms with Gasteiger partial charge in [-0.2, -0.15) is 0 Å². The van der Waals surface area contributed by atoms with Gasteiger partial charge in [0.05, 0.1) is 12.9 Å². The van der Waals surface area contributed by atoms with E-state index in [9.17, 15) is 9.59 Å². The van der Waals surface area contributed by atoms with Gasteiger partial charge < -0.3 is 25.9 Å². The molecular formula is C8H12N4O4. The molecule has 1 aromatic rings. The Morgan fingerprint density at radius 1 is 1.81 bits per heavy atom. The molecule has 8 heteroatoms. The number of carboxylic acid groups (broad SMARTS) is 1. The van der Waals surface area contributed by atoms with Crippen LogP contribution in [0, 0.1) is 0 Å². The first kappa shape index (κ1) is 12.0. The van der Waals surface area contributed by atoms with Crippen LogP contribution < -0.4 is 16.6 Å². The van der Waals surface area contributed by atoms with Crippen molar-refractivity contribution < 1.29 is 14.6 Å². The van der Waals surface area contributed by atoms with E-state index in [1.54, 1.807) is 0 Å². The Balaban J connectivity index is 2.71. The number of aromatic nitrogens is 2. The molecular weight excluding hydrogens is 216 g/mol. The average molecular weight is 228 g/mol. The molecule has 0 radical (unpaired) electrons. The van der Waals surface area contributed by atoms with E-state index in [-0.39, 0.29) is 18.1 Å². The lowest BCUT2D eigenvalue weighted by molar-refractivity contribution is -0.147. The monoisotopic (exact) mass is 228 g/mol. The maximum atomic E-state index is 11.1. The number of hydrogen-bond acceptors (Lipinski definition) is 6. The molecule has 0 saturated heterocycles. The summed E-state index contributed by atoms with van der Waals surface area (Å²) >= 11 is 0. The molecule has 0 aliphatic heterocycles. The molecule has 5 N–H and O–H groups in total. The number of anilines is 2.